The molecule has 2 heteroatoms. The number of benzene rings is 3. The van der Waals surface area contributed by atoms with E-state index < -0.39 is 7.92 Å². The van der Waals surface area contributed by atoms with E-state index in [9.17, 15) is 0 Å². The van der Waals surface area contributed by atoms with E-state index in [1.54, 1.807) is 0 Å². The van der Waals surface area contributed by atoms with E-state index in [0.29, 0.717) is 0 Å². The minimum absolute atomic E-state index is 0.448. The molecule has 0 spiro atoms. The zero-order chi connectivity index (χ0) is 14.7. The van der Waals surface area contributed by atoms with Crippen molar-refractivity contribution < 1.29 is 0 Å². The van der Waals surface area contributed by atoms with Gasteiger partial charge in [0, 0.05) is 0 Å². The van der Waals surface area contributed by atoms with Crippen LogP contribution >= 0.6 is 7.92 Å². The Labute approximate surface area is 136 Å². The van der Waals surface area contributed by atoms with Gasteiger partial charge >= 0.3 is 136 Å². The van der Waals surface area contributed by atoms with Crippen molar-refractivity contribution in [3.05, 3.63) is 84.4 Å². The Hall–Kier alpha value is -1.37. The summed E-state index contributed by atoms with van der Waals surface area (Å²) in [4.78, 5) is 0. The second kappa shape index (κ2) is 6.60. The first-order chi connectivity index (χ1) is 10.3. The minimum atomic E-state index is -0.448. The molecule has 0 aromatic heterocycles. The zero-order valence-corrected chi connectivity index (χ0v) is 16.0. The Morgan fingerprint density at radius 2 is 1.24 bits per heavy atom. The molecule has 0 saturated carbocycles. The molecule has 3 aromatic rings. The van der Waals surface area contributed by atoms with Gasteiger partial charge in [-0.05, 0) is 0 Å². The van der Waals surface area contributed by atoms with Gasteiger partial charge in [-0.2, -0.15) is 0 Å². The van der Waals surface area contributed by atoms with Gasteiger partial charge in [0.2, 0.25) is 0 Å². The molecule has 0 nitrogen and oxygen atoms in total. The van der Waals surface area contributed by atoms with E-state index in [-0.39, 0.29) is 0 Å². The molecule has 0 saturated heterocycles. The molecule has 3 rings (SSSR count). The van der Waals surface area contributed by atoms with Gasteiger partial charge in [0.1, 0.15) is 0 Å². The van der Waals surface area contributed by atoms with E-state index in [1.165, 1.54) is 42.4 Å². The molecule has 103 valence electrons. The molecule has 1 radical (unpaired) electrons. The maximum absolute atomic E-state index is 2.34. The molecule has 21 heavy (non-hydrogen) atoms. The summed E-state index contributed by atoms with van der Waals surface area (Å²) in [7, 11) is -0.448. The van der Waals surface area contributed by atoms with Crippen molar-refractivity contribution in [1.82, 2.24) is 0 Å². The fourth-order valence-corrected chi connectivity index (χ4v) is 6.80. The van der Waals surface area contributed by atoms with Crippen LogP contribution in [0.1, 0.15) is 5.56 Å². The van der Waals surface area contributed by atoms with Crippen LogP contribution in [0.4, 0.5) is 0 Å². The fourth-order valence-electron chi connectivity index (χ4n) is 2.51. The second-order valence-electron chi connectivity index (χ2n) is 5.14. The number of aryl methyl sites for hydroxylation is 1. The monoisotopic (exact) mass is 351 g/mol. The van der Waals surface area contributed by atoms with Gasteiger partial charge in [0.05, 0.1) is 0 Å². The van der Waals surface area contributed by atoms with Crippen molar-refractivity contribution in [3.63, 3.8) is 0 Å². The Balaban J connectivity index is 2.17. The summed E-state index contributed by atoms with van der Waals surface area (Å²) in [6, 6.07) is 28.7. The molecule has 0 aliphatic carbocycles. The van der Waals surface area contributed by atoms with Crippen molar-refractivity contribution in [1.29, 1.82) is 0 Å². The average molecular weight is 350 g/mol. The predicted molar refractivity (Wildman–Crippen MR) is 98.1 cm³/mol. The van der Waals surface area contributed by atoms with Gasteiger partial charge in [-0.1, -0.05) is 0 Å². The first-order valence-electron chi connectivity index (χ1n) is 7.08. The molecule has 0 aliphatic heterocycles. The topological polar surface area (TPSA) is 0 Å². The van der Waals surface area contributed by atoms with E-state index in [0.717, 1.165) is 0 Å². The standard InChI is InChI=1S/C19H18GeP/c1-15-12-13-19(18(20)14-15)21(16-8-4-2-5-9-16)17-10-6-3-7-11-17/h2-14H,20H2,1H3. The molecule has 0 N–H and O–H groups in total. The summed E-state index contributed by atoms with van der Waals surface area (Å²) in [6.45, 7) is 2.18. The van der Waals surface area contributed by atoms with Gasteiger partial charge in [-0.25, -0.2) is 0 Å². The molecule has 0 fully saturated rings. The molecular formula is C19H18GeP. The third-order valence-corrected chi connectivity index (χ3v) is 7.90. The van der Waals surface area contributed by atoms with E-state index >= 15 is 0 Å². The summed E-state index contributed by atoms with van der Waals surface area (Å²) in [5.74, 6) is 0. The molecular weight excluding hydrogens is 332 g/mol. The number of hydrogen-bond donors (Lipinski definition) is 0. The van der Waals surface area contributed by atoms with E-state index in [2.05, 4.69) is 85.8 Å². The summed E-state index contributed by atoms with van der Waals surface area (Å²) in [6.07, 6.45) is 0. The van der Waals surface area contributed by atoms with Crippen molar-refractivity contribution in [2.24, 2.45) is 0 Å². The quantitative estimate of drug-likeness (QED) is 0.501. The van der Waals surface area contributed by atoms with Crippen molar-refractivity contribution in [3.8, 4) is 0 Å². The van der Waals surface area contributed by atoms with Crippen LogP contribution in [0.25, 0.3) is 0 Å². The van der Waals surface area contributed by atoms with Crippen LogP contribution in [-0.4, -0.2) is 16.5 Å². The average Bonchev–Trinajstić information content (AvgIpc) is 2.52. The number of hydrogen-bond acceptors (Lipinski definition) is 0. The van der Waals surface area contributed by atoms with Crippen LogP contribution < -0.4 is 20.3 Å². The van der Waals surface area contributed by atoms with Crippen LogP contribution in [0.5, 0.6) is 0 Å². The summed E-state index contributed by atoms with van der Waals surface area (Å²) < 4.78 is 1.51. The van der Waals surface area contributed by atoms with Gasteiger partial charge in [0.15, 0.2) is 0 Å². The van der Waals surface area contributed by atoms with E-state index in [1.807, 2.05) is 0 Å². The molecule has 3 aromatic carbocycles. The summed E-state index contributed by atoms with van der Waals surface area (Å²) in [5.41, 5.74) is 1.36. The second-order valence-corrected chi connectivity index (χ2v) is 8.92. The van der Waals surface area contributed by atoms with Crippen LogP contribution in [0.15, 0.2) is 78.9 Å². The van der Waals surface area contributed by atoms with Crippen molar-refractivity contribution in [2.75, 3.05) is 0 Å². The van der Waals surface area contributed by atoms with Crippen LogP contribution in [0.3, 0.4) is 0 Å². The summed E-state index contributed by atoms with van der Waals surface area (Å²) >= 11 is 1.20. The number of rotatable bonds is 3. The van der Waals surface area contributed by atoms with Crippen molar-refractivity contribution in [2.45, 2.75) is 6.92 Å². The molecule has 0 bridgehead atoms. The van der Waals surface area contributed by atoms with Gasteiger partial charge in [-0.3, -0.25) is 0 Å². The first-order valence-corrected chi connectivity index (χ1v) is 9.91. The van der Waals surface area contributed by atoms with E-state index in [4.69, 9.17) is 0 Å². The van der Waals surface area contributed by atoms with Crippen LogP contribution in [-0.2, 0) is 0 Å². The molecule has 0 amide bonds. The van der Waals surface area contributed by atoms with Crippen LogP contribution in [0.2, 0.25) is 0 Å². The molecule has 0 aliphatic rings. The van der Waals surface area contributed by atoms with Crippen molar-refractivity contribution >= 4 is 44.7 Å². The predicted octanol–water partition coefficient (Wildman–Crippen LogP) is 2.01. The zero-order valence-electron chi connectivity index (χ0n) is 12.2. The molecule has 0 unspecified atom stereocenters. The third-order valence-electron chi connectivity index (χ3n) is 3.50. The Kier molecular flexibility index (Phi) is 4.58. The van der Waals surface area contributed by atoms with Gasteiger partial charge in [-0.15, -0.1) is 0 Å². The maximum atomic E-state index is 2.34. The Morgan fingerprint density at radius 3 is 1.71 bits per heavy atom. The third kappa shape index (κ3) is 3.28. The van der Waals surface area contributed by atoms with Crippen LogP contribution in [0, 0.1) is 6.92 Å². The van der Waals surface area contributed by atoms with Gasteiger partial charge in [0.25, 0.3) is 0 Å². The summed E-state index contributed by atoms with van der Waals surface area (Å²) in [5, 5.41) is 4.36. The Bertz CT molecular complexity index is 684. The normalized spacial score (nSPS) is 10.8. The SMILES string of the molecule is Cc1ccc(P(c2ccccc2)c2ccccc2)[c]([GeH2])c1. The fraction of sp³-hybridized carbons (Fsp3) is 0.0526. The molecule has 0 heterocycles. The first kappa shape index (κ1) is 14.6. The Morgan fingerprint density at radius 1 is 0.714 bits per heavy atom. The van der Waals surface area contributed by atoms with Gasteiger partial charge < -0.3 is 0 Å². The molecule has 0 atom stereocenters.